The molecule has 0 saturated heterocycles. The van der Waals surface area contributed by atoms with Crippen molar-refractivity contribution in [2.45, 2.75) is 39.5 Å². The second-order valence-corrected chi connectivity index (χ2v) is 8.32. The molecule has 3 amide bonds. The van der Waals surface area contributed by atoms with E-state index < -0.39 is 5.91 Å². The van der Waals surface area contributed by atoms with Crippen molar-refractivity contribution in [2.24, 2.45) is 11.3 Å². The van der Waals surface area contributed by atoms with Crippen molar-refractivity contribution in [1.29, 1.82) is 0 Å². The Labute approximate surface area is 169 Å². The normalized spacial score (nSPS) is 25.0. The molecule has 1 aromatic heterocycles. The first-order chi connectivity index (χ1) is 13.8. The van der Waals surface area contributed by atoms with Crippen LogP contribution in [0.25, 0.3) is 0 Å². The fraction of sp³-hybridized carbons (Fsp3) is 0.409. The number of furan rings is 1. The lowest BCUT2D eigenvalue weighted by molar-refractivity contribution is -0.141. The van der Waals surface area contributed by atoms with Gasteiger partial charge >= 0.3 is 0 Å². The summed E-state index contributed by atoms with van der Waals surface area (Å²) in [5.74, 6) is -0.373. The van der Waals surface area contributed by atoms with E-state index in [9.17, 15) is 14.4 Å². The van der Waals surface area contributed by atoms with E-state index in [4.69, 9.17) is 9.15 Å². The molecule has 4 rings (SSSR count). The number of ether oxygens (including phenoxy) is 1. The first-order valence-electron chi connectivity index (χ1n) is 9.62. The molecule has 0 unspecified atom stereocenters. The van der Waals surface area contributed by atoms with Crippen LogP contribution >= 0.6 is 0 Å². The summed E-state index contributed by atoms with van der Waals surface area (Å²) in [4.78, 5) is 39.3. The lowest BCUT2D eigenvalue weighted by atomic mass is 9.58. The first kappa shape index (κ1) is 19.4. The molecule has 1 aromatic carbocycles. The minimum atomic E-state index is -0.423. The third-order valence-electron chi connectivity index (χ3n) is 6.21. The third kappa shape index (κ3) is 2.97. The average molecular weight is 396 g/mol. The highest BCUT2D eigenvalue weighted by Gasteiger charge is 2.55. The number of hydrogen-bond donors (Lipinski definition) is 1. The number of carbonyl (C=O) groups excluding carboxylic acids is 3. The van der Waals surface area contributed by atoms with Crippen molar-refractivity contribution in [3.63, 3.8) is 0 Å². The molecule has 1 saturated carbocycles. The predicted molar refractivity (Wildman–Crippen MR) is 104 cm³/mol. The van der Waals surface area contributed by atoms with Gasteiger partial charge < -0.3 is 14.5 Å². The van der Waals surface area contributed by atoms with Gasteiger partial charge in [0.15, 0.2) is 0 Å². The number of hydrogen-bond acceptors (Lipinski definition) is 5. The molecule has 2 aromatic rings. The maximum absolute atomic E-state index is 12.8. The number of carbonyl (C=O) groups is 3. The molecule has 2 heterocycles. The highest BCUT2D eigenvalue weighted by atomic mass is 16.5. The van der Waals surface area contributed by atoms with Crippen LogP contribution in [0.5, 0.6) is 0 Å². The van der Waals surface area contributed by atoms with E-state index in [2.05, 4.69) is 19.2 Å². The van der Waals surface area contributed by atoms with Crippen LogP contribution in [0.4, 0.5) is 0 Å². The molecule has 1 fully saturated rings. The smallest absolute Gasteiger partial charge is 0.261 e. The number of benzene rings is 1. The molecule has 0 spiro atoms. The number of fused-ring (bicyclic) bond motifs is 1. The van der Waals surface area contributed by atoms with Crippen molar-refractivity contribution in [1.82, 2.24) is 10.2 Å². The third-order valence-corrected chi connectivity index (χ3v) is 6.21. The highest BCUT2D eigenvalue weighted by Crippen LogP contribution is 2.47. The second-order valence-electron chi connectivity index (χ2n) is 8.32. The Balaban J connectivity index is 1.52. The Hall–Kier alpha value is -2.93. The van der Waals surface area contributed by atoms with E-state index in [0.29, 0.717) is 16.9 Å². The summed E-state index contributed by atoms with van der Waals surface area (Å²) < 4.78 is 10.8. The quantitative estimate of drug-likeness (QED) is 0.785. The topological polar surface area (TPSA) is 88.8 Å². The first-order valence-corrected chi connectivity index (χ1v) is 9.62. The standard InChI is InChI=1S/C22H24N2O5/c1-12-17(22(2,3)18(12)28-4)23-19(25)13-7-8-15-16(10-13)21(27)24(20(15)26)11-14-6-5-9-29-14/h5-10,12,17-18H,11H2,1-4H3,(H,23,25)/t12-,17+,18-/m1/s1. The summed E-state index contributed by atoms with van der Waals surface area (Å²) >= 11 is 0. The number of methoxy groups -OCH3 is 1. The molecular formula is C22H24N2O5. The van der Waals surface area contributed by atoms with E-state index in [1.54, 1.807) is 31.4 Å². The Morgan fingerprint density at radius 2 is 1.93 bits per heavy atom. The molecule has 1 aliphatic carbocycles. The van der Waals surface area contributed by atoms with Gasteiger partial charge in [-0.25, -0.2) is 0 Å². The summed E-state index contributed by atoms with van der Waals surface area (Å²) in [6, 6.07) is 7.99. The van der Waals surface area contributed by atoms with Crippen LogP contribution in [0.15, 0.2) is 41.0 Å². The number of nitrogens with one attached hydrogen (secondary N) is 1. The van der Waals surface area contributed by atoms with E-state index >= 15 is 0 Å². The minimum absolute atomic E-state index is 0.0408. The van der Waals surface area contributed by atoms with Gasteiger partial charge in [0.25, 0.3) is 17.7 Å². The van der Waals surface area contributed by atoms with Crippen molar-refractivity contribution in [3.05, 3.63) is 59.0 Å². The fourth-order valence-electron chi connectivity index (χ4n) is 4.78. The van der Waals surface area contributed by atoms with Gasteiger partial charge in [-0.1, -0.05) is 20.8 Å². The van der Waals surface area contributed by atoms with Crippen LogP contribution in [0.3, 0.4) is 0 Å². The highest BCUT2D eigenvalue weighted by molar-refractivity contribution is 6.22. The van der Waals surface area contributed by atoms with Crippen molar-refractivity contribution >= 4 is 17.7 Å². The molecule has 1 N–H and O–H groups in total. The molecule has 1 aliphatic heterocycles. The number of nitrogens with zero attached hydrogens (tertiary/aromatic N) is 1. The molecule has 0 bridgehead atoms. The molecule has 2 aliphatic rings. The lowest BCUT2D eigenvalue weighted by Crippen LogP contribution is -2.67. The Morgan fingerprint density at radius 1 is 1.21 bits per heavy atom. The van der Waals surface area contributed by atoms with Crippen LogP contribution in [0.2, 0.25) is 0 Å². The van der Waals surface area contributed by atoms with Gasteiger partial charge in [0.1, 0.15) is 5.76 Å². The zero-order valence-corrected chi connectivity index (χ0v) is 16.9. The largest absolute Gasteiger partial charge is 0.467 e. The van der Waals surface area contributed by atoms with Crippen LogP contribution in [-0.2, 0) is 11.3 Å². The van der Waals surface area contributed by atoms with Gasteiger partial charge in [0.2, 0.25) is 0 Å². The molecular weight excluding hydrogens is 372 g/mol. The fourth-order valence-corrected chi connectivity index (χ4v) is 4.78. The zero-order valence-electron chi connectivity index (χ0n) is 16.9. The van der Waals surface area contributed by atoms with Crippen molar-refractivity contribution in [3.8, 4) is 0 Å². The van der Waals surface area contributed by atoms with Gasteiger partial charge in [0, 0.05) is 30.0 Å². The van der Waals surface area contributed by atoms with Gasteiger partial charge in [0.05, 0.1) is 30.0 Å². The zero-order chi connectivity index (χ0) is 20.9. The van der Waals surface area contributed by atoms with Crippen LogP contribution in [-0.4, -0.2) is 41.9 Å². The molecule has 7 heteroatoms. The molecule has 29 heavy (non-hydrogen) atoms. The Morgan fingerprint density at radius 3 is 2.55 bits per heavy atom. The summed E-state index contributed by atoms with van der Waals surface area (Å²) in [5, 5.41) is 3.06. The van der Waals surface area contributed by atoms with Crippen LogP contribution < -0.4 is 5.32 Å². The van der Waals surface area contributed by atoms with Gasteiger partial charge in [-0.3, -0.25) is 19.3 Å². The maximum Gasteiger partial charge on any atom is 0.261 e. The van der Waals surface area contributed by atoms with Gasteiger partial charge in [-0.05, 0) is 30.3 Å². The summed E-state index contributed by atoms with van der Waals surface area (Å²) in [6.45, 7) is 6.22. The van der Waals surface area contributed by atoms with E-state index in [1.807, 2.05) is 6.92 Å². The van der Waals surface area contributed by atoms with E-state index in [1.165, 1.54) is 12.3 Å². The number of amides is 3. The monoisotopic (exact) mass is 396 g/mol. The lowest BCUT2D eigenvalue weighted by Gasteiger charge is -2.56. The molecule has 3 atom stereocenters. The molecule has 7 nitrogen and oxygen atoms in total. The van der Waals surface area contributed by atoms with E-state index in [0.717, 1.165) is 4.90 Å². The molecule has 0 radical (unpaired) electrons. The summed E-state index contributed by atoms with van der Waals surface area (Å²) in [6.07, 6.45) is 1.56. The van der Waals surface area contributed by atoms with Crippen molar-refractivity contribution < 1.29 is 23.5 Å². The Bertz CT molecular complexity index is 979. The van der Waals surface area contributed by atoms with Crippen molar-refractivity contribution in [2.75, 3.05) is 7.11 Å². The van der Waals surface area contributed by atoms with E-state index in [-0.39, 0.29) is 47.4 Å². The second kappa shape index (κ2) is 6.84. The van der Waals surface area contributed by atoms with Crippen LogP contribution in [0, 0.1) is 11.3 Å². The number of rotatable bonds is 5. The predicted octanol–water partition coefficient (Wildman–Crippen LogP) is 2.87. The summed E-state index contributed by atoms with van der Waals surface area (Å²) in [7, 11) is 1.68. The van der Waals surface area contributed by atoms with Gasteiger partial charge in [-0.15, -0.1) is 0 Å². The minimum Gasteiger partial charge on any atom is -0.467 e. The van der Waals surface area contributed by atoms with Gasteiger partial charge in [-0.2, -0.15) is 0 Å². The maximum atomic E-state index is 12.8. The van der Waals surface area contributed by atoms with Crippen LogP contribution in [0.1, 0.15) is 57.6 Å². The SMILES string of the molecule is CO[C@@H]1[C@H](C)[C@H](NC(=O)c2ccc3c(c2)C(=O)N(Cc2ccco2)C3=O)C1(C)C. The Kier molecular flexibility index (Phi) is 4.58. The number of imide groups is 1. The molecule has 152 valence electrons. The average Bonchev–Trinajstić information content (AvgIpc) is 3.29. The summed E-state index contributed by atoms with van der Waals surface area (Å²) in [5.41, 5.74) is 0.708.